The van der Waals surface area contributed by atoms with Gasteiger partial charge in [-0.1, -0.05) is 22.9 Å². The molecule has 0 bridgehead atoms. The maximum atomic E-state index is 12.1. The third-order valence-electron chi connectivity index (χ3n) is 2.47. The molecule has 0 saturated heterocycles. The molecule has 0 aliphatic carbocycles. The summed E-state index contributed by atoms with van der Waals surface area (Å²) in [4.78, 5) is 23.1. The number of rotatable bonds is 5. The SMILES string of the molecule is Cc1nc(Nc2ccc(Cl)cn2)sc1C(=O)CN(C)C. The predicted molar refractivity (Wildman–Crippen MR) is 82.3 cm³/mol. The molecule has 2 heterocycles. The summed E-state index contributed by atoms with van der Waals surface area (Å²) in [5, 5.41) is 4.30. The number of hydrogen-bond acceptors (Lipinski definition) is 6. The first-order chi connectivity index (χ1) is 9.45. The Morgan fingerprint density at radius 3 is 2.80 bits per heavy atom. The summed E-state index contributed by atoms with van der Waals surface area (Å²) in [5.41, 5.74) is 0.735. The maximum Gasteiger partial charge on any atom is 0.189 e. The average molecular weight is 311 g/mol. The lowest BCUT2D eigenvalue weighted by atomic mass is 10.3. The minimum absolute atomic E-state index is 0.0714. The third kappa shape index (κ3) is 3.75. The number of aryl methyl sites for hydroxylation is 1. The van der Waals surface area contributed by atoms with Crippen LogP contribution < -0.4 is 5.32 Å². The van der Waals surface area contributed by atoms with Crippen molar-refractivity contribution in [3.05, 3.63) is 33.9 Å². The fourth-order valence-corrected chi connectivity index (χ4v) is 2.64. The molecule has 0 saturated carbocycles. The number of pyridine rings is 1. The lowest BCUT2D eigenvalue weighted by Crippen LogP contribution is -2.21. The van der Waals surface area contributed by atoms with Crippen LogP contribution in [0, 0.1) is 6.92 Å². The van der Waals surface area contributed by atoms with Crippen LogP contribution in [0.1, 0.15) is 15.4 Å². The summed E-state index contributed by atoms with van der Waals surface area (Å²) in [6, 6.07) is 3.51. The van der Waals surface area contributed by atoms with Crippen LogP contribution in [0.2, 0.25) is 5.02 Å². The molecule has 7 heteroatoms. The molecular formula is C13H15ClN4OS. The average Bonchev–Trinajstić information content (AvgIpc) is 2.72. The minimum atomic E-state index is 0.0714. The molecule has 0 aliphatic rings. The number of anilines is 2. The number of hydrogen-bond donors (Lipinski definition) is 1. The molecule has 0 atom stereocenters. The van der Waals surface area contributed by atoms with Gasteiger partial charge < -0.3 is 10.2 Å². The van der Waals surface area contributed by atoms with Crippen molar-refractivity contribution in [3.63, 3.8) is 0 Å². The van der Waals surface area contributed by atoms with Gasteiger partial charge in [0.25, 0.3) is 0 Å². The van der Waals surface area contributed by atoms with Crippen LogP contribution in [0.15, 0.2) is 18.3 Å². The summed E-state index contributed by atoms with van der Waals surface area (Å²) in [6.07, 6.45) is 1.56. The molecule has 2 rings (SSSR count). The third-order valence-corrected chi connectivity index (χ3v) is 3.81. The smallest absolute Gasteiger partial charge is 0.189 e. The van der Waals surface area contributed by atoms with E-state index in [1.54, 1.807) is 18.3 Å². The predicted octanol–water partition coefficient (Wildman–Crippen LogP) is 2.99. The largest absolute Gasteiger partial charge is 0.316 e. The highest BCUT2D eigenvalue weighted by Gasteiger charge is 2.16. The lowest BCUT2D eigenvalue weighted by Gasteiger charge is -2.06. The zero-order chi connectivity index (χ0) is 14.7. The number of Topliss-reactive ketones (excluding diaryl/α,β-unsaturated/α-hetero) is 1. The lowest BCUT2D eigenvalue weighted by molar-refractivity contribution is 0.0961. The van der Waals surface area contributed by atoms with E-state index in [2.05, 4.69) is 15.3 Å². The molecule has 0 unspecified atom stereocenters. The standard InChI is InChI=1S/C13H15ClN4OS/c1-8-12(10(19)7-18(2)3)20-13(16-8)17-11-5-4-9(14)6-15-11/h4-6H,7H2,1-3H3,(H,15,16,17). The van der Waals surface area contributed by atoms with Crippen molar-refractivity contribution in [1.82, 2.24) is 14.9 Å². The number of nitrogens with one attached hydrogen (secondary N) is 1. The molecule has 0 fully saturated rings. The van der Waals surface area contributed by atoms with Crippen LogP contribution in [-0.4, -0.2) is 41.3 Å². The monoisotopic (exact) mass is 310 g/mol. The molecule has 106 valence electrons. The molecule has 0 amide bonds. The molecule has 0 spiro atoms. The van der Waals surface area contributed by atoms with Gasteiger partial charge in [-0.05, 0) is 33.2 Å². The zero-order valence-electron chi connectivity index (χ0n) is 11.5. The number of carbonyl (C=O) groups is 1. The Balaban J connectivity index is 2.14. The topological polar surface area (TPSA) is 58.1 Å². The molecule has 0 radical (unpaired) electrons. The van der Waals surface area contributed by atoms with Gasteiger partial charge in [-0.25, -0.2) is 9.97 Å². The van der Waals surface area contributed by atoms with E-state index in [0.717, 1.165) is 5.69 Å². The van der Waals surface area contributed by atoms with Gasteiger partial charge in [-0.15, -0.1) is 0 Å². The van der Waals surface area contributed by atoms with E-state index in [-0.39, 0.29) is 5.78 Å². The van der Waals surface area contributed by atoms with Crippen LogP contribution in [0.25, 0.3) is 0 Å². The van der Waals surface area contributed by atoms with Gasteiger partial charge in [0.15, 0.2) is 10.9 Å². The van der Waals surface area contributed by atoms with Crippen molar-refractivity contribution >= 4 is 39.7 Å². The highest BCUT2D eigenvalue weighted by molar-refractivity contribution is 7.17. The fourth-order valence-electron chi connectivity index (χ4n) is 1.63. The Bertz CT molecular complexity index is 609. The first-order valence-corrected chi connectivity index (χ1v) is 7.19. The molecule has 2 aromatic rings. The van der Waals surface area contributed by atoms with E-state index in [4.69, 9.17) is 11.6 Å². The van der Waals surface area contributed by atoms with Crippen molar-refractivity contribution in [2.45, 2.75) is 6.92 Å². The van der Waals surface area contributed by atoms with Crippen LogP contribution >= 0.6 is 22.9 Å². The summed E-state index contributed by atoms with van der Waals surface area (Å²) < 4.78 is 0. The van der Waals surface area contributed by atoms with Crippen molar-refractivity contribution in [1.29, 1.82) is 0 Å². The number of carbonyl (C=O) groups excluding carboxylic acids is 1. The van der Waals surface area contributed by atoms with E-state index in [1.165, 1.54) is 11.3 Å². The Kier molecular flexibility index (Phi) is 4.69. The van der Waals surface area contributed by atoms with Gasteiger partial charge in [0, 0.05) is 6.20 Å². The van der Waals surface area contributed by atoms with Gasteiger partial charge >= 0.3 is 0 Å². The molecule has 20 heavy (non-hydrogen) atoms. The Morgan fingerprint density at radius 2 is 2.20 bits per heavy atom. The highest BCUT2D eigenvalue weighted by Crippen LogP contribution is 2.25. The first-order valence-electron chi connectivity index (χ1n) is 5.99. The van der Waals surface area contributed by atoms with Gasteiger partial charge in [0.1, 0.15) is 5.82 Å². The van der Waals surface area contributed by atoms with Crippen LogP contribution in [-0.2, 0) is 0 Å². The molecule has 1 N–H and O–H groups in total. The summed E-state index contributed by atoms with van der Waals surface area (Å²) >= 11 is 7.12. The molecule has 2 aromatic heterocycles. The quantitative estimate of drug-likeness (QED) is 0.860. The maximum absolute atomic E-state index is 12.1. The van der Waals surface area contributed by atoms with Crippen molar-refractivity contribution in [3.8, 4) is 0 Å². The molecule has 5 nitrogen and oxygen atoms in total. The van der Waals surface area contributed by atoms with Crippen LogP contribution in [0.5, 0.6) is 0 Å². The molecule has 0 aliphatic heterocycles. The second kappa shape index (κ2) is 6.30. The molecular weight excluding hydrogens is 296 g/mol. The Labute approximate surface area is 126 Å². The highest BCUT2D eigenvalue weighted by atomic mass is 35.5. The Hall–Kier alpha value is -1.50. The zero-order valence-corrected chi connectivity index (χ0v) is 13.0. The van der Waals surface area contributed by atoms with E-state index in [0.29, 0.717) is 27.4 Å². The van der Waals surface area contributed by atoms with Crippen molar-refractivity contribution < 1.29 is 4.79 Å². The van der Waals surface area contributed by atoms with Crippen molar-refractivity contribution in [2.24, 2.45) is 0 Å². The summed E-state index contributed by atoms with van der Waals surface area (Å²) in [7, 11) is 3.73. The minimum Gasteiger partial charge on any atom is -0.316 e. The van der Waals surface area contributed by atoms with Crippen LogP contribution in [0.4, 0.5) is 10.9 Å². The number of ketones is 1. The van der Waals surface area contributed by atoms with E-state index in [1.807, 2.05) is 25.9 Å². The number of thiazole rings is 1. The first kappa shape index (κ1) is 14.9. The normalized spacial score (nSPS) is 10.8. The number of likely N-dealkylation sites (N-methyl/N-ethyl adjacent to an activating group) is 1. The number of aromatic nitrogens is 2. The van der Waals surface area contributed by atoms with Gasteiger partial charge in [-0.3, -0.25) is 4.79 Å². The molecule has 0 aromatic carbocycles. The van der Waals surface area contributed by atoms with Gasteiger partial charge in [0.05, 0.1) is 22.1 Å². The fraction of sp³-hybridized carbons (Fsp3) is 0.308. The Morgan fingerprint density at radius 1 is 1.45 bits per heavy atom. The summed E-state index contributed by atoms with van der Waals surface area (Å²) in [6.45, 7) is 2.21. The number of nitrogens with zero attached hydrogens (tertiary/aromatic N) is 3. The summed E-state index contributed by atoms with van der Waals surface area (Å²) in [5.74, 6) is 0.719. The van der Waals surface area contributed by atoms with E-state index in [9.17, 15) is 4.79 Å². The van der Waals surface area contributed by atoms with E-state index < -0.39 is 0 Å². The second-order valence-corrected chi connectivity index (χ2v) is 6.02. The van der Waals surface area contributed by atoms with E-state index >= 15 is 0 Å². The van der Waals surface area contributed by atoms with Gasteiger partial charge in [-0.2, -0.15) is 0 Å². The second-order valence-electron chi connectivity index (χ2n) is 4.58. The van der Waals surface area contributed by atoms with Crippen molar-refractivity contribution in [2.75, 3.05) is 26.0 Å². The number of halogens is 1. The van der Waals surface area contributed by atoms with Crippen LogP contribution in [0.3, 0.4) is 0 Å². The van der Waals surface area contributed by atoms with Gasteiger partial charge in [0.2, 0.25) is 0 Å².